The average molecular weight is 334 g/mol. The Balaban J connectivity index is 1.64. The van der Waals surface area contributed by atoms with Crippen molar-refractivity contribution in [1.29, 1.82) is 0 Å². The van der Waals surface area contributed by atoms with Crippen molar-refractivity contribution in [2.45, 2.75) is 19.3 Å². The van der Waals surface area contributed by atoms with Crippen molar-refractivity contribution in [3.8, 4) is 5.75 Å². The maximum Gasteiger partial charge on any atom is 0.166 e. The Morgan fingerprint density at radius 2 is 1.32 bits per heavy atom. The molecule has 0 N–H and O–H groups in total. The van der Waals surface area contributed by atoms with Crippen LogP contribution in [0.3, 0.4) is 0 Å². The second kappa shape index (κ2) is 6.47. The SMILES string of the molecule is COc1ccc(C(=O)[C@@H]2[C@H]3CC[C@H](C3)[C@@H]2C(=O)c2ccccc2)cc1. The Labute approximate surface area is 148 Å². The van der Waals surface area contributed by atoms with E-state index in [1.54, 1.807) is 7.11 Å². The molecule has 4 atom stereocenters. The number of hydrogen-bond donors (Lipinski definition) is 0. The van der Waals surface area contributed by atoms with E-state index < -0.39 is 0 Å². The van der Waals surface area contributed by atoms with E-state index in [-0.39, 0.29) is 23.4 Å². The molecule has 0 amide bonds. The van der Waals surface area contributed by atoms with Gasteiger partial charge in [0.1, 0.15) is 5.75 Å². The van der Waals surface area contributed by atoms with Gasteiger partial charge in [-0.15, -0.1) is 0 Å². The summed E-state index contributed by atoms with van der Waals surface area (Å²) in [5.41, 5.74) is 1.41. The molecule has 0 saturated heterocycles. The first kappa shape index (κ1) is 16.1. The zero-order valence-electron chi connectivity index (χ0n) is 14.4. The molecule has 0 aromatic heterocycles. The number of hydrogen-bond acceptors (Lipinski definition) is 3. The molecule has 2 aromatic rings. The lowest BCUT2D eigenvalue weighted by Crippen LogP contribution is -2.35. The lowest BCUT2D eigenvalue weighted by molar-refractivity contribution is 0.0694. The number of benzene rings is 2. The molecule has 3 heteroatoms. The fourth-order valence-electron chi connectivity index (χ4n) is 4.79. The quantitative estimate of drug-likeness (QED) is 0.760. The van der Waals surface area contributed by atoms with E-state index >= 15 is 0 Å². The van der Waals surface area contributed by atoms with Crippen LogP contribution in [0.5, 0.6) is 5.75 Å². The highest BCUT2D eigenvalue weighted by atomic mass is 16.5. The fraction of sp³-hybridized carbons (Fsp3) is 0.364. The van der Waals surface area contributed by atoms with Crippen molar-refractivity contribution in [1.82, 2.24) is 0 Å². The van der Waals surface area contributed by atoms with E-state index in [9.17, 15) is 9.59 Å². The average Bonchev–Trinajstić information content (AvgIpc) is 3.29. The minimum atomic E-state index is -0.181. The predicted molar refractivity (Wildman–Crippen MR) is 95.9 cm³/mol. The van der Waals surface area contributed by atoms with Gasteiger partial charge < -0.3 is 4.74 Å². The lowest BCUT2D eigenvalue weighted by Gasteiger charge is -2.29. The topological polar surface area (TPSA) is 43.4 Å². The van der Waals surface area contributed by atoms with Gasteiger partial charge in [0.05, 0.1) is 7.11 Å². The molecule has 4 rings (SSSR count). The Bertz CT molecular complexity index is 779. The van der Waals surface area contributed by atoms with Crippen LogP contribution in [-0.4, -0.2) is 18.7 Å². The largest absolute Gasteiger partial charge is 0.497 e. The summed E-state index contributed by atoms with van der Waals surface area (Å²) in [5, 5.41) is 0. The highest BCUT2D eigenvalue weighted by Crippen LogP contribution is 2.54. The van der Waals surface area contributed by atoms with Gasteiger partial charge in [-0.3, -0.25) is 9.59 Å². The van der Waals surface area contributed by atoms with Gasteiger partial charge in [-0.2, -0.15) is 0 Å². The van der Waals surface area contributed by atoms with Gasteiger partial charge in [-0.25, -0.2) is 0 Å². The van der Waals surface area contributed by atoms with Crippen LogP contribution in [-0.2, 0) is 0 Å². The van der Waals surface area contributed by atoms with Crippen molar-refractivity contribution in [3.05, 3.63) is 65.7 Å². The molecule has 2 saturated carbocycles. The van der Waals surface area contributed by atoms with E-state index in [0.717, 1.165) is 30.6 Å². The van der Waals surface area contributed by atoms with E-state index in [1.165, 1.54) is 0 Å². The van der Waals surface area contributed by atoms with E-state index in [1.807, 2.05) is 54.6 Å². The first-order valence-electron chi connectivity index (χ1n) is 8.96. The molecular weight excluding hydrogens is 312 g/mol. The molecule has 0 unspecified atom stereocenters. The number of Topliss-reactive ketones (excluding diaryl/α,β-unsaturated/α-hetero) is 2. The molecule has 3 nitrogen and oxygen atoms in total. The summed E-state index contributed by atoms with van der Waals surface area (Å²) in [6.45, 7) is 0. The van der Waals surface area contributed by atoms with Gasteiger partial charge in [0.25, 0.3) is 0 Å². The maximum atomic E-state index is 13.2. The summed E-state index contributed by atoms with van der Waals surface area (Å²) < 4.78 is 5.18. The van der Waals surface area contributed by atoms with Crippen LogP contribution >= 0.6 is 0 Å². The zero-order chi connectivity index (χ0) is 17.4. The number of carbonyl (C=O) groups excluding carboxylic acids is 2. The van der Waals surface area contributed by atoms with E-state index in [4.69, 9.17) is 4.74 Å². The third-order valence-electron chi connectivity index (χ3n) is 5.95. The van der Waals surface area contributed by atoms with Crippen LogP contribution in [0.2, 0.25) is 0 Å². The van der Waals surface area contributed by atoms with Crippen LogP contribution in [0.1, 0.15) is 40.0 Å². The van der Waals surface area contributed by atoms with Crippen molar-refractivity contribution < 1.29 is 14.3 Å². The minimum Gasteiger partial charge on any atom is -0.497 e. The Kier molecular flexibility index (Phi) is 4.16. The molecule has 0 spiro atoms. The van der Waals surface area contributed by atoms with Crippen LogP contribution in [0, 0.1) is 23.7 Å². The van der Waals surface area contributed by atoms with Gasteiger partial charge in [0.2, 0.25) is 0 Å². The van der Waals surface area contributed by atoms with Crippen LogP contribution in [0.4, 0.5) is 0 Å². The summed E-state index contributed by atoms with van der Waals surface area (Å²) in [4.78, 5) is 26.3. The van der Waals surface area contributed by atoms with Crippen molar-refractivity contribution in [3.63, 3.8) is 0 Å². The summed E-state index contributed by atoms with van der Waals surface area (Å²) >= 11 is 0. The standard InChI is InChI=1S/C22H22O3/c1-25-18-11-9-15(10-12-18)22(24)20-17-8-7-16(13-17)19(20)21(23)14-5-3-2-4-6-14/h2-6,9-12,16-17,19-20H,7-8,13H2,1H3/t16-,17+,19+,20-/m1/s1. The fourth-order valence-corrected chi connectivity index (χ4v) is 4.79. The summed E-state index contributed by atoms with van der Waals surface area (Å²) in [5.74, 6) is 1.34. The summed E-state index contributed by atoms with van der Waals surface area (Å²) in [6, 6.07) is 16.7. The molecule has 2 aliphatic carbocycles. The summed E-state index contributed by atoms with van der Waals surface area (Å²) in [6.07, 6.45) is 3.14. The van der Waals surface area contributed by atoms with E-state index in [2.05, 4.69) is 0 Å². The van der Waals surface area contributed by atoms with Gasteiger partial charge in [0.15, 0.2) is 11.6 Å². The number of methoxy groups -OCH3 is 1. The number of rotatable bonds is 5. The molecule has 0 heterocycles. The molecule has 2 aromatic carbocycles. The zero-order valence-corrected chi connectivity index (χ0v) is 14.4. The molecule has 2 aliphatic rings. The second-order valence-corrected chi connectivity index (χ2v) is 7.21. The smallest absolute Gasteiger partial charge is 0.166 e. The van der Waals surface area contributed by atoms with Gasteiger partial charge in [-0.1, -0.05) is 30.3 Å². The predicted octanol–water partition coefficient (Wildman–Crippen LogP) is 4.42. The van der Waals surface area contributed by atoms with Crippen LogP contribution in [0.15, 0.2) is 54.6 Å². The van der Waals surface area contributed by atoms with Crippen molar-refractivity contribution >= 4 is 11.6 Å². The Hall–Kier alpha value is -2.42. The van der Waals surface area contributed by atoms with Gasteiger partial charge in [-0.05, 0) is 55.4 Å². The number of ether oxygens (including phenoxy) is 1. The number of fused-ring (bicyclic) bond motifs is 2. The molecule has 0 aliphatic heterocycles. The Morgan fingerprint density at radius 1 is 0.800 bits per heavy atom. The Morgan fingerprint density at radius 3 is 1.84 bits per heavy atom. The summed E-state index contributed by atoms with van der Waals surface area (Å²) in [7, 11) is 1.61. The highest BCUT2D eigenvalue weighted by molar-refractivity contribution is 6.05. The van der Waals surface area contributed by atoms with Gasteiger partial charge in [0, 0.05) is 23.0 Å². The first-order chi connectivity index (χ1) is 12.2. The molecule has 25 heavy (non-hydrogen) atoms. The van der Waals surface area contributed by atoms with Crippen LogP contribution in [0.25, 0.3) is 0 Å². The van der Waals surface area contributed by atoms with E-state index in [0.29, 0.717) is 17.4 Å². The molecule has 2 fully saturated rings. The molecule has 2 bridgehead atoms. The van der Waals surface area contributed by atoms with Crippen molar-refractivity contribution in [2.24, 2.45) is 23.7 Å². The maximum absolute atomic E-state index is 13.2. The normalized spacial score (nSPS) is 27.2. The second-order valence-electron chi connectivity index (χ2n) is 7.21. The number of carbonyl (C=O) groups is 2. The lowest BCUT2D eigenvalue weighted by atomic mass is 9.72. The molecule has 128 valence electrons. The minimum absolute atomic E-state index is 0.115. The highest BCUT2D eigenvalue weighted by Gasteiger charge is 2.53. The first-order valence-corrected chi connectivity index (χ1v) is 8.96. The molecule has 0 radical (unpaired) electrons. The molecular formula is C22H22O3. The van der Waals surface area contributed by atoms with Gasteiger partial charge >= 0.3 is 0 Å². The third-order valence-corrected chi connectivity index (χ3v) is 5.95. The monoisotopic (exact) mass is 334 g/mol. The third kappa shape index (κ3) is 2.78. The van der Waals surface area contributed by atoms with Crippen LogP contribution < -0.4 is 4.74 Å². The van der Waals surface area contributed by atoms with Crippen molar-refractivity contribution in [2.75, 3.05) is 7.11 Å². The number of ketones is 2.